The van der Waals surface area contributed by atoms with Crippen molar-refractivity contribution in [3.8, 4) is 11.5 Å². The summed E-state index contributed by atoms with van der Waals surface area (Å²) < 4.78 is 10.8. The van der Waals surface area contributed by atoms with Gasteiger partial charge in [0.1, 0.15) is 11.5 Å². The molecule has 0 aliphatic carbocycles. The Morgan fingerprint density at radius 2 is 2.19 bits per heavy atom. The first-order valence-electron chi connectivity index (χ1n) is 7.39. The number of methoxy groups -OCH3 is 1. The molecule has 1 aromatic carbocycles. The van der Waals surface area contributed by atoms with Crippen molar-refractivity contribution in [2.75, 3.05) is 20.3 Å². The topological polar surface area (TPSA) is 73.6 Å². The molecular formula is C16H26N2O3. The first kappa shape index (κ1) is 17.3. The van der Waals surface area contributed by atoms with Crippen LogP contribution < -0.4 is 20.5 Å². The minimum atomic E-state index is -0.106. The fourth-order valence-corrected chi connectivity index (χ4v) is 2.14. The van der Waals surface area contributed by atoms with Crippen molar-refractivity contribution in [3.63, 3.8) is 0 Å². The van der Waals surface area contributed by atoms with E-state index in [-0.39, 0.29) is 18.6 Å². The molecule has 1 unspecified atom stereocenters. The lowest BCUT2D eigenvalue weighted by Gasteiger charge is -2.15. The maximum atomic E-state index is 11.8. The maximum absolute atomic E-state index is 11.8. The second-order valence-corrected chi connectivity index (χ2v) is 5.06. The van der Waals surface area contributed by atoms with Gasteiger partial charge in [0.2, 0.25) is 0 Å². The van der Waals surface area contributed by atoms with Crippen molar-refractivity contribution >= 4 is 5.91 Å². The van der Waals surface area contributed by atoms with Crippen LogP contribution in [-0.4, -0.2) is 32.2 Å². The molecule has 0 spiro atoms. The minimum Gasteiger partial charge on any atom is -0.497 e. The van der Waals surface area contributed by atoms with E-state index in [2.05, 4.69) is 12.2 Å². The zero-order chi connectivity index (χ0) is 15.7. The van der Waals surface area contributed by atoms with Gasteiger partial charge in [-0.1, -0.05) is 13.3 Å². The van der Waals surface area contributed by atoms with Crippen LogP contribution in [0.3, 0.4) is 0 Å². The molecular weight excluding hydrogens is 268 g/mol. The van der Waals surface area contributed by atoms with E-state index >= 15 is 0 Å². The van der Waals surface area contributed by atoms with Crippen molar-refractivity contribution in [1.29, 1.82) is 0 Å². The lowest BCUT2D eigenvalue weighted by Crippen LogP contribution is -2.36. The summed E-state index contributed by atoms with van der Waals surface area (Å²) in [6.45, 7) is 4.62. The Balaban J connectivity index is 2.59. The van der Waals surface area contributed by atoms with Crippen LogP contribution in [0.15, 0.2) is 18.2 Å². The number of amides is 1. The van der Waals surface area contributed by atoms with Gasteiger partial charge in [0, 0.05) is 6.04 Å². The summed E-state index contributed by atoms with van der Waals surface area (Å²) in [6, 6.07) is 5.68. The highest BCUT2D eigenvalue weighted by Gasteiger charge is 2.10. The number of hydrogen-bond acceptors (Lipinski definition) is 4. The van der Waals surface area contributed by atoms with E-state index in [9.17, 15) is 4.79 Å². The molecule has 0 fully saturated rings. The van der Waals surface area contributed by atoms with Crippen LogP contribution in [0.5, 0.6) is 11.5 Å². The van der Waals surface area contributed by atoms with Crippen molar-refractivity contribution in [1.82, 2.24) is 5.32 Å². The Morgan fingerprint density at radius 3 is 2.81 bits per heavy atom. The SMILES string of the molecule is CCCC(C)NC(=O)COc1ccc(OC)cc1CCN. The third kappa shape index (κ3) is 6.04. The molecule has 0 radical (unpaired) electrons. The highest BCUT2D eigenvalue weighted by atomic mass is 16.5. The predicted molar refractivity (Wildman–Crippen MR) is 83.8 cm³/mol. The Kier molecular flexibility index (Phi) is 7.61. The van der Waals surface area contributed by atoms with E-state index in [1.165, 1.54) is 0 Å². The zero-order valence-electron chi connectivity index (χ0n) is 13.1. The quantitative estimate of drug-likeness (QED) is 0.729. The van der Waals surface area contributed by atoms with Gasteiger partial charge in [-0.2, -0.15) is 0 Å². The smallest absolute Gasteiger partial charge is 0.258 e. The van der Waals surface area contributed by atoms with E-state index in [1.54, 1.807) is 7.11 Å². The average Bonchev–Trinajstić information content (AvgIpc) is 2.46. The lowest BCUT2D eigenvalue weighted by atomic mass is 10.1. The van der Waals surface area contributed by atoms with Crippen LogP contribution in [0, 0.1) is 0 Å². The standard InChI is InChI=1S/C16H26N2O3/c1-4-5-12(2)18-16(19)11-21-15-7-6-14(20-3)10-13(15)8-9-17/h6-7,10,12H,4-5,8-9,11,17H2,1-3H3,(H,18,19). The largest absolute Gasteiger partial charge is 0.497 e. The van der Waals surface area contributed by atoms with Crippen LogP contribution >= 0.6 is 0 Å². The number of nitrogens with one attached hydrogen (secondary N) is 1. The normalized spacial score (nSPS) is 11.8. The molecule has 0 heterocycles. The lowest BCUT2D eigenvalue weighted by molar-refractivity contribution is -0.123. The second-order valence-electron chi connectivity index (χ2n) is 5.06. The van der Waals surface area contributed by atoms with E-state index in [4.69, 9.17) is 15.2 Å². The number of benzene rings is 1. The van der Waals surface area contributed by atoms with Gasteiger partial charge in [0.15, 0.2) is 6.61 Å². The molecule has 0 saturated carbocycles. The molecule has 0 aliphatic heterocycles. The van der Waals surface area contributed by atoms with Gasteiger partial charge in [0.25, 0.3) is 5.91 Å². The number of carbonyl (C=O) groups is 1. The molecule has 0 saturated heterocycles. The van der Waals surface area contributed by atoms with E-state index in [0.29, 0.717) is 18.7 Å². The van der Waals surface area contributed by atoms with Crippen LogP contribution in [0.1, 0.15) is 32.3 Å². The van der Waals surface area contributed by atoms with Crippen molar-refractivity contribution < 1.29 is 14.3 Å². The first-order valence-corrected chi connectivity index (χ1v) is 7.39. The summed E-state index contributed by atoms with van der Waals surface area (Å²) in [6.07, 6.45) is 2.69. The summed E-state index contributed by atoms with van der Waals surface area (Å²) >= 11 is 0. The molecule has 0 aliphatic rings. The zero-order valence-corrected chi connectivity index (χ0v) is 13.1. The molecule has 1 rings (SSSR count). The Labute approximate surface area is 126 Å². The molecule has 118 valence electrons. The first-order chi connectivity index (χ1) is 10.1. The molecule has 5 nitrogen and oxygen atoms in total. The van der Waals surface area contributed by atoms with Crippen molar-refractivity contribution in [2.24, 2.45) is 5.73 Å². The highest BCUT2D eigenvalue weighted by Crippen LogP contribution is 2.24. The van der Waals surface area contributed by atoms with E-state index < -0.39 is 0 Å². The molecule has 1 amide bonds. The molecule has 1 atom stereocenters. The monoisotopic (exact) mass is 294 g/mol. The number of carbonyl (C=O) groups excluding carboxylic acids is 1. The fourth-order valence-electron chi connectivity index (χ4n) is 2.14. The van der Waals surface area contributed by atoms with Crippen LogP contribution in [0.4, 0.5) is 0 Å². The van der Waals surface area contributed by atoms with Crippen molar-refractivity contribution in [3.05, 3.63) is 23.8 Å². The van der Waals surface area contributed by atoms with Gasteiger partial charge in [-0.05, 0) is 50.1 Å². The van der Waals surface area contributed by atoms with Gasteiger partial charge in [-0.25, -0.2) is 0 Å². The molecule has 5 heteroatoms. The Morgan fingerprint density at radius 1 is 1.43 bits per heavy atom. The summed E-state index contributed by atoms with van der Waals surface area (Å²) in [7, 11) is 1.62. The summed E-state index contributed by atoms with van der Waals surface area (Å²) in [4.78, 5) is 11.8. The van der Waals surface area contributed by atoms with Gasteiger partial charge < -0.3 is 20.5 Å². The molecule has 21 heavy (non-hydrogen) atoms. The van der Waals surface area contributed by atoms with Gasteiger partial charge in [-0.15, -0.1) is 0 Å². The Hall–Kier alpha value is -1.75. The van der Waals surface area contributed by atoms with E-state index in [1.807, 2.05) is 25.1 Å². The Bertz CT molecular complexity index is 449. The minimum absolute atomic E-state index is 0.0119. The molecule has 0 bridgehead atoms. The van der Waals surface area contributed by atoms with Crippen LogP contribution in [0.25, 0.3) is 0 Å². The number of hydrogen-bond donors (Lipinski definition) is 2. The van der Waals surface area contributed by atoms with Crippen LogP contribution in [-0.2, 0) is 11.2 Å². The van der Waals surface area contributed by atoms with Crippen LogP contribution in [0.2, 0.25) is 0 Å². The number of nitrogens with two attached hydrogens (primary N) is 1. The highest BCUT2D eigenvalue weighted by molar-refractivity contribution is 5.77. The van der Waals surface area contributed by atoms with Crippen molar-refractivity contribution in [2.45, 2.75) is 39.2 Å². The summed E-state index contributed by atoms with van der Waals surface area (Å²) in [5.41, 5.74) is 6.55. The number of ether oxygens (including phenoxy) is 2. The predicted octanol–water partition coefficient (Wildman–Crippen LogP) is 1.88. The third-order valence-electron chi connectivity index (χ3n) is 3.17. The third-order valence-corrected chi connectivity index (χ3v) is 3.17. The van der Waals surface area contributed by atoms with Gasteiger partial charge in [-0.3, -0.25) is 4.79 Å². The molecule has 0 aromatic heterocycles. The van der Waals surface area contributed by atoms with E-state index in [0.717, 1.165) is 24.2 Å². The maximum Gasteiger partial charge on any atom is 0.258 e. The molecule has 1 aromatic rings. The average molecular weight is 294 g/mol. The fraction of sp³-hybridized carbons (Fsp3) is 0.562. The number of rotatable bonds is 9. The van der Waals surface area contributed by atoms with Gasteiger partial charge >= 0.3 is 0 Å². The summed E-state index contributed by atoms with van der Waals surface area (Å²) in [5.74, 6) is 1.33. The van der Waals surface area contributed by atoms with Gasteiger partial charge in [0.05, 0.1) is 7.11 Å². The summed E-state index contributed by atoms with van der Waals surface area (Å²) in [5, 5.41) is 2.91. The molecule has 3 N–H and O–H groups in total. The second kappa shape index (κ2) is 9.23.